The van der Waals surface area contributed by atoms with Crippen LogP contribution in [-0.4, -0.2) is 11.2 Å². The lowest BCUT2D eigenvalue weighted by atomic mass is 9.92. The highest BCUT2D eigenvalue weighted by atomic mass is 16.3. The van der Waals surface area contributed by atoms with Crippen LogP contribution < -0.4 is 0 Å². The molecule has 0 aliphatic heterocycles. The van der Waals surface area contributed by atoms with E-state index in [1.165, 1.54) is 19.3 Å². The van der Waals surface area contributed by atoms with Crippen LogP contribution in [0.2, 0.25) is 0 Å². The number of allylic oxidation sites excluding steroid dienone is 1. The molecule has 1 N–H and O–H groups in total. The van der Waals surface area contributed by atoms with Gasteiger partial charge in [-0.15, -0.1) is 0 Å². The standard InChI is InChI=1S/C10H18O/c1-2-9-7-5-3-4-6-8-10(9)11/h5,7,9-11H,2-4,6,8H2,1H3/b7-5-. The molecule has 0 spiro atoms. The SMILES string of the molecule is CCC1/C=C\CCCCC1O. The van der Waals surface area contributed by atoms with Gasteiger partial charge in [-0.25, -0.2) is 0 Å². The summed E-state index contributed by atoms with van der Waals surface area (Å²) in [5.74, 6) is 0.412. The fraction of sp³-hybridized carbons (Fsp3) is 0.800. The summed E-state index contributed by atoms with van der Waals surface area (Å²) in [6.07, 6.45) is 9.99. The Kier molecular flexibility index (Phi) is 3.64. The number of aliphatic hydroxyl groups excluding tert-OH is 1. The molecule has 2 atom stereocenters. The average Bonchev–Trinajstić information content (AvgIpc) is 1.98. The van der Waals surface area contributed by atoms with E-state index in [-0.39, 0.29) is 6.10 Å². The zero-order valence-electron chi connectivity index (χ0n) is 7.29. The first-order chi connectivity index (χ1) is 5.34. The molecule has 0 aromatic carbocycles. The van der Waals surface area contributed by atoms with E-state index in [9.17, 15) is 5.11 Å². The highest BCUT2D eigenvalue weighted by molar-refractivity contribution is 4.92. The van der Waals surface area contributed by atoms with Gasteiger partial charge in [0.2, 0.25) is 0 Å². The Hall–Kier alpha value is -0.300. The van der Waals surface area contributed by atoms with Gasteiger partial charge in [0, 0.05) is 5.92 Å². The van der Waals surface area contributed by atoms with Gasteiger partial charge < -0.3 is 5.11 Å². The van der Waals surface area contributed by atoms with Crippen molar-refractivity contribution in [3.05, 3.63) is 12.2 Å². The first-order valence-corrected chi connectivity index (χ1v) is 4.69. The minimum Gasteiger partial charge on any atom is -0.393 e. The van der Waals surface area contributed by atoms with Crippen molar-refractivity contribution in [2.75, 3.05) is 0 Å². The molecule has 0 aromatic rings. The van der Waals surface area contributed by atoms with Gasteiger partial charge in [-0.1, -0.05) is 25.5 Å². The van der Waals surface area contributed by atoms with Gasteiger partial charge in [0.25, 0.3) is 0 Å². The van der Waals surface area contributed by atoms with Crippen molar-refractivity contribution in [2.24, 2.45) is 5.92 Å². The maximum atomic E-state index is 9.62. The number of rotatable bonds is 1. The Morgan fingerprint density at radius 3 is 3.00 bits per heavy atom. The summed E-state index contributed by atoms with van der Waals surface area (Å²) in [6, 6.07) is 0. The molecule has 0 saturated heterocycles. The molecule has 0 fully saturated rings. The van der Waals surface area contributed by atoms with Crippen molar-refractivity contribution >= 4 is 0 Å². The zero-order chi connectivity index (χ0) is 8.10. The van der Waals surface area contributed by atoms with Gasteiger partial charge in [-0.3, -0.25) is 0 Å². The summed E-state index contributed by atoms with van der Waals surface area (Å²) < 4.78 is 0. The van der Waals surface area contributed by atoms with Crippen LogP contribution in [0.3, 0.4) is 0 Å². The molecule has 64 valence electrons. The molecule has 0 amide bonds. The maximum absolute atomic E-state index is 9.62. The van der Waals surface area contributed by atoms with E-state index in [4.69, 9.17) is 0 Å². The van der Waals surface area contributed by atoms with E-state index in [0.29, 0.717) is 5.92 Å². The second kappa shape index (κ2) is 4.55. The lowest BCUT2D eigenvalue weighted by Crippen LogP contribution is -2.18. The molecular weight excluding hydrogens is 136 g/mol. The third kappa shape index (κ3) is 2.66. The monoisotopic (exact) mass is 154 g/mol. The lowest BCUT2D eigenvalue weighted by Gasteiger charge is -2.19. The van der Waals surface area contributed by atoms with Gasteiger partial charge in [-0.2, -0.15) is 0 Å². The molecule has 1 aliphatic carbocycles. The van der Waals surface area contributed by atoms with E-state index in [2.05, 4.69) is 19.1 Å². The third-order valence-electron chi connectivity index (χ3n) is 2.47. The quantitative estimate of drug-likeness (QED) is 0.575. The van der Waals surface area contributed by atoms with Crippen molar-refractivity contribution < 1.29 is 5.11 Å². The van der Waals surface area contributed by atoms with Gasteiger partial charge >= 0.3 is 0 Å². The summed E-state index contributed by atoms with van der Waals surface area (Å²) in [5, 5.41) is 9.62. The number of hydrogen-bond donors (Lipinski definition) is 1. The molecule has 1 rings (SSSR count). The van der Waals surface area contributed by atoms with Crippen LogP contribution in [0.15, 0.2) is 12.2 Å². The molecule has 0 heterocycles. The molecule has 0 radical (unpaired) electrons. The fourth-order valence-electron chi connectivity index (χ4n) is 1.64. The van der Waals surface area contributed by atoms with E-state index >= 15 is 0 Å². The van der Waals surface area contributed by atoms with Crippen LogP contribution in [0.25, 0.3) is 0 Å². The summed E-state index contributed by atoms with van der Waals surface area (Å²) >= 11 is 0. The van der Waals surface area contributed by atoms with Crippen molar-refractivity contribution in [3.8, 4) is 0 Å². The highest BCUT2D eigenvalue weighted by Gasteiger charge is 2.14. The van der Waals surface area contributed by atoms with Crippen LogP contribution in [0.5, 0.6) is 0 Å². The Morgan fingerprint density at radius 2 is 2.27 bits per heavy atom. The lowest BCUT2D eigenvalue weighted by molar-refractivity contribution is 0.114. The van der Waals surface area contributed by atoms with E-state index in [1.807, 2.05) is 0 Å². The van der Waals surface area contributed by atoms with Gasteiger partial charge in [0.1, 0.15) is 0 Å². The van der Waals surface area contributed by atoms with Gasteiger partial charge in [0.15, 0.2) is 0 Å². The number of hydrogen-bond acceptors (Lipinski definition) is 1. The predicted octanol–water partition coefficient (Wildman–Crippen LogP) is 2.50. The van der Waals surface area contributed by atoms with Crippen LogP contribution in [0, 0.1) is 5.92 Å². The Balaban J connectivity index is 2.48. The molecule has 11 heavy (non-hydrogen) atoms. The smallest absolute Gasteiger partial charge is 0.0602 e. The van der Waals surface area contributed by atoms with Crippen LogP contribution in [0.1, 0.15) is 39.0 Å². The molecule has 2 unspecified atom stereocenters. The van der Waals surface area contributed by atoms with E-state index in [0.717, 1.165) is 12.8 Å². The molecule has 0 saturated carbocycles. The second-order valence-electron chi connectivity index (χ2n) is 3.35. The van der Waals surface area contributed by atoms with Crippen molar-refractivity contribution in [2.45, 2.75) is 45.1 Å². The fourth-order valence-corrected chi connectivity index (χ4v) is 1.64. The summed E-state index contributed by atoms with van der Waals surface area (Å²) in [6.45, 7) is 2.14. The average molecular weight is 154 g/mol. The van der Waals surface area contributed by atoms with Crippen molar-refractivity contribution in [1.29, 1.82) is 0 Å². The van der Waals surface area contributed by atoms with Crippen LogP contribution in [0.4, 0.5) is 0 Å². The maximum Gasteiger partial charge on any atom is 0.0602 e. The first kappa shape index (κ1) is 8.79. The van der Waals surface area contributed by atoms with Crippen molar-refractivity contribution in [1.82, 2.24) is 0 Å². The van der Waals surface area contributed by atoms with Crippen molar-refractivity contribution in [3.63, 3.8) is 0 Å². The molecule has 0 bridgehead atoms. The molecule has 1 nitrogen and oxygen atoms in total. The van der Waals surface area contributed by atoms with Gasteiger partial charge in [-0.05, 0) is 25.7 Å². The summed E-state index contributed by atoms with van der Waals surface area (Å²) in [5.41, 5.74) is 0. The Labute approximate surface area is 69.1 Å². The number of aliphatic hydroxyl groups is 1. The van der Waals surface area contributed by atoms with Crippen LogP contribution in [-0.2, 0) is 0 Å². The molecular formula is C10H18O. The molecule has 0 aromatic heterocycles. The Morgan fingerprint density at radius 1 is 1.45 bits per heavy atom. The van der Waals surface area contributed by atoms with E-state index < -0.39 is 0 Å². The summed E-state index contributed by atoms with van der Waals surface area (Å²) in [7, 11) is 0. The first-order valence-electron chi connectivity index (χ1n) is 4.69. The van der Waals surface area contributed by atoms with E-state index in [1.54, 1.807) is 0 Å². The minimum atomic E-state index is -0.0865. The normalized spacial score (nSPS) is 35.8. The molecule has 1 heteroatoms. The Bertz CT molecular complexity index is 129. The van der Waals surface area contributed by atoms with Crippen LogP contribution >= 0.6 is 0 Å². The second-order valence-corrected chi connectivity index (χ2v) is 3.35. The largest absolute Gasteiger partial charge is 0.393 e. The third-order valence-corrected chi connectivity index (χ3v) is 2.47. The minimum absolute atomic E-state index is 0.0865. The topological polar surface area (TPSA) is 20.2 Å². The predicted molar refractivity (Wildman–Crippen MR) is 47.4 cm³/mol. The highest BCUT2D eigenvalue weighted by Crippen LogP contribution is 2.19. The summed E-state index contributed by atoms with van der Waals surface area (Å²) in [4.78, 5) is 0. The molecule has 1 aliphatic rings. The zero-order valence-corrected chi connectivity index (χ0v) is 7.29. The van der Waals surface area contributed by atoms with Gasteiger partial charge in [0.05, 0.1) is 6.10 Å².